The molecule has 1 rings (SSSR count). The summed E-state index contributed by atoms with van der Waals surface area (Å²) in [5, 5.41) is 8.85. The average molecular weight is 227 g/mol. The molecule has 0 aromatic rings. The molecule has 0 saturated carbocycles. The van der Waals surface area contributed by atoms with E-state index in [0.29, 0.717) is 0 Å². The minimum Gasteiger partial charge on any atom is -0.394 e. The van der Waals surface area contributed by atoms with E-state index < -0.39 is 24.5 Å². The Morgan fingerprint density at radius 2 is 2.20 bits per heavy atom. The van der Waals surface area contributed by atoms with Crippen LogP contribution >= 0.6 is 0 Å². The lowest BCUT2D eigenvalue weighted by Gasteiger charge is -2.34. The summed E-state index contributed by atoms with van der Waals surface area (Å²) in [5.41, 5.74) is 0. The maximum atomic E-state index is 12.0. The highest BCUT2D eigenvalue weighted by atomic mass is 19.4. The summed E-state index contributed by atoms with van der Waals surface area (Å²) in [6.45, 7) is 0.00390. The molecule has 88 valence electrons. The minimum atomic E-state index is -4.50. The van der Waals surface area contributed by atoms with E-state index in [2.05, 4.69) is 0 Å². The quantitative estimate of drug-likeness (QED) is 0.731. The molecule has 0 aliphatic carbocycles. The van der Waals surface area contributed by atoms with Gasteiger partial charge in [-0.15, -0.1) is 0 Å². The summed E-state index contributed by atoms with van der Waals surface area (Å²) in [4.78, 5) is 12.2. The van der Waals surface area contributed by atoms with Gasteiger partial charge in [0.15, 0.2) is 0 Å². The third-order valence-electron chi connectivity index (χ3n) is 2.11. The Kier molecular flexibility index (Phi) is 3.92. The van der Waals surface area contributed by atoms with Gasteiger partial charge in [-0.1, -0.05) is 0 Å². The van der Waals surface area contributed by atoms with E-state index in [9.17, 15) is 18.0 Å². The lowest BCUT2D eigenvalue weighted by molar-refractivity contribution is -0.168. The number of hydrogen-bond donors (Lipinski definition) is 1. The normalized spacial score (nSPS) is 22.9. The highest BCUT2D eigenvalue weighted by molar-refractivity contribution is 5.77. The molecule has 1 saturated heterocycles. The third kappa shape index (κ3) is 3.67. The molecule has 1 N–H and O–H groups in total. The van der Waals surface area contributed by atoms with Gasteiger partial charge in [-0.25, -0.2) is 0 Å². The number of nitrogens with zero attached hydrogens (tertiary/aromatic N) is 1. The van der Waals surface area contributed by atoms with E-state index in [1.54, 1.807) is 0 Å². The Hall–Kier alpha value is -0.820. The first kappa shape index (κ1) is 12.3. The molecule has 1 aliphatic heterocycles. The highest BCUT2D eigenvalue weighted by Crippen LogP contribution is 2.22. The summed E-state index contributed by atoms with van der Waals surface area (Å²) < 4.78 is 40.8. The van der Waals surface area contributed by atoms with Crippen molar-refractivity contribution in [3.8, 4) is 0 Å². The molecule has 1 fully saturated rings. The number of amides is 1. The van der Waals surface area contributed by atoms with Gasteiger partial charge in [0.05, 0.1) is 25.9 Å². The molecule has 0 aromatic heterocycles. The van der Waals surface area contributed by atoms with Gasteiger partial charge in [-0.05, 0) is 0 Å². The summed E-state index contributed by atoms with van der Waals surface area (Å²) in [5.74, 6) is -1.01. The zero-order chi connectivity index (χ0) is 11.5. The molecular weight excluding hydrogens is 215 g/mol. The van der Waals surface area contributed by atoms with Crippen LogP contribution in [0, 0.1) is 0 Å². The zero-order valence-electron chi connectivity index (χ0n) is 7.96. The van der Waals surface area contributed by atoms with Gasteiger partial charge in [0.2, 0.25) is 5.91 Å². The van der Waals surface area contributed by atoms with Gasteiger partial charge in [-0.3, -0.25) is 4.79 Å². The van der Waals surface area contributed by atoms with E-state index in [0.717, 1.165) is 4.90 Å². The summed E-state index contributed by atoms with van der Waals surface area (Å²) >= 11 is 0. The molecule has 1 aliphatic rings. The lowest BCUT2D eigenvalue weighted by atomic mass is 10.2. The number of ether oxygens (including phenoxy) is 1. The number of aliphatic hydroxyl groups excluding tert-OH is 1. The van der Waals surface area contributed by atoms with E-state index in [-0.39, 0.29) is 26.4 Å². The van der Waals surface area contributed by atoms with Crippen LogP contribution in [0.5, 0.6) is 0 Å². The molecule has 7 heteroatoms. The van der Waals surface area contributed by atoms with E-state index in [1.165, 1.54) is 0 Å². The largest absolute Gasteiger partial charge is 0.397 e. The maximum absolute atomic E-state index is 12.0. The molecule has 15 heavy (non-hydrogen) atoms. The van der Waals surface area contributed by atoms with Crippen LogP contribution in [0.4, 0.5) is 13.2 Å². The van der Waals surface area contributed by atoms with Crippen molar-refractivity contribution >= 4 is 5.91 Å². The molecule has 1 heterocycles. The summed E-state index contributed by atoms with van der Waals surface area (Å²) in [6.07, 6.45) is -5.99. The second kappa shape index (κ2) is 4.80. The molecule has 0 aromatic carbocycles. The first-order valence-electron chi connectivity index (χ1n) is 4.49. The Morgan fingerprint density at radius 3 is 2.73 bits per heavy atom. The van der Waals surface area contributed by atoms with Crippen LogP contribution < -0.4 is 0 Å². The topological polar surface area (TPSA) is 49.8 Å². The van der Waals surface area contributed by atoms with E-state index >= 15 is 0 Å². The third-order valence-corrected chi connectivity index (χ3v) is 2.11. The van der Waals surface area contributed by atoms with Crippen molar-refractivity contribution in [3.05, 3.63) is 0 Å². The number of morpholine rings is 1. The Balaban J connectivity index is 2.56. The fourth-order valence-electron chi connectivity index (χ4n) is 1.41. The van der Waals surface area contributed by atoms with Gasteiger partial charge in [-0.2, -0.15) is 13.2 Å². The van der Waals surface area contributed by atoms with Crippen LogP contribution in [0.25, 0.3) is 0 Å². The second-order valence-corrected chi connectivity index (χ2v) is 3.29. The highest BCUT2D eigenvalue weighted by Gasteiger charge is 2.36. The van der Waals surface area contributed by atoms with Gasteiger partial charge < -0.3 is 14.7 Å². The van der Waals surface area contributed by atoms with Crippen molar-refractivity contribution in [1.82, 2.24) is 4.90 Å². The predicted molar refractivity (Wildman–Crippen MR) is 44.1 cm³/mol. The minimum absolute atomic E-state index is 0.0834. The molecule has 0 spiro atoms. The fourth-order valence-corrected chi connectivity index (χ4v) is 1.41. The Labute approximate surface area is 84.6 Å². The molecular formula is C8H12F3NO3. The maximum Gasteiger partial charge on any atom is 0.397 e. The van der Waals surface area contributed by atoms with Crippen LogP contribution in [-0.4, -0.2) is 54.5 Å². The number of aliphatic hydroxyl groups is 1. The first-order chi connectivity index (χ1) is 6.94. The standard InChI is InChI=1S/C8H12F3NO3/c9-8(10,11)3-7(14)12-1-2-15-5-6(12)4-13/h6,13H,1-5H2. The van der Waals surface area contributed by atoms with E-state index in [4.69, 9.17) is 9.84 Å². The van der Waals surface area contributed by atoms with Crippen LogP contribution in [0.1, 0.15) is 6.42 Å². The van der Waals surface area contributed by atoms with Crippen molar-refractivity contribution in [1.29, 1.82) is 0 Å². The molecule has 1 unspecified atom stereocenters. The van der Waals surface area contributed by atoms with Gasteiger partial charge in [0, 0.05) is 6.54 Å². The van der Waals surface area contributed by atoms with Crippen molar-refractivity contribution in [2.24, 2.45) is 0 Å². The predicted octanol–water partition coefficient (Wildman–Crippen LogP) is 0.159. The fraction of sp³-hybridized carbons (Fsp3) is 0.875. The van der Waals surface area contributed by atoms with Crippen molar-refractivity contribution < 1.29 is 27.8 Å². The van der Waals surface area contributed by atoms with Crippen LogP contribution in [0.2, 0.25) is 0 Å². The number of carbonyl (C=O) groups excluding carboxylic acids is 1. The molecule has 0 bridgehead atoms. The SMILES string of the molecule is O=C(CC(F)(F)F)N1CCOCC1CO. The van der Waals surface area contributed by atoms with Gasteiger partial charge >= 0.3 is 6.18 Å². The Bertz CT molecular complexity index is 232. The molecule has 0 radical (unpaired) electrons. The summed E-state index contributed by atoms with van der Waals surface area (Å²) in [6, 6.07) is -0.659. The van der Waals surface area contributed by atoms with Crippen LogP contribution in [0.15, 0.2) is 0 Å². The summed E-state index contributed by atoms with van der Waals surface area (Å²) in [7, 11) is 0. The van der Waals surface area contributed by atoms with E-state index in [1.807, 2.05) is 0 Å². The number of rotatable bonds is 2. The Morgan fingerprint density at radius 1 is 1.53 bits per heavy atom. The van der Waals surface area contributed by atoms with Crippen molar-refractivity contribution in [2.45, 2.75) is 18.6 Å². The first-order valence-corrected chi connectivity index (χ1v) is 4.49. The number of alkyl halides is 3. The number of hydrogen-bond acceptors (Lipinski definition) is 3. The molecule has 4 nitrogen and oxygen atoms in total. The van der Waals surface area contributed by atoms with Crippen LogP contribution in [-0.2, 0) is 9.53 Å². The molecule has 1 atom stereocenters. The molecule has 1 amide bonds. The lowest BCUT2D eigenvalue weighted by Crippen LogP contribution is -2.51. The zero-order valence-corrected chi connectivity index (χ0v) is 7.96. The van der Waals surface area contributed by atoms with Crippen LogP contribution in [0.3, 0.4) is 0 Å². The number of halogens is 3. The van der Waals surface area contributed by atoms with Crippen molar-refractivity contribution in [3.63, 3.8) is 0 Å². The second-order valence-electron chi connectivity index (χ2n) is 3.29. The number of carbonyl (C=O) groups is 1. The smallest absolute Gasteiger partial charge is 0.394 e. The average Bonchev–Trinajstić information content (AvgIpc) is 2.15. The van der Waals surface area contributed by atoms with Gasteiger partial charge in [0.1, 0.15) is 6.42 Å². The van der Waals surface area contributed by atoms with Crippen molar-refractivity contribution in [2.75, 3.05) is 26.4 Å². The monoisotopic (exact) mass is 227 g/mol. The van der Waals surface area contributed by atoms with Gasteiger partial charge in [0.25, 0.3) is 0 Å².